The van der Waals surface area contributed by atoms with Crippen molar-refractivity contribution in [2.75, 3.05) is 19.8 Å². The molecule has 0 saturated heterocycles. The molecule has 0 spiro atoms. The molecule has 4 rings (SSSR count). The highest BCUT2D eigenvalue weighted by atomic mass is 35.5. The van der Waals surface area contributed by atoms with Crippen molar-refractivity contribution in [3.8, 4) is 11.6 Å². The van der Waals surface area contributed by atoms with Gasteiger partial charge in [0.2, 0.25) is 5.88 Å². The third kappa shape index (κ3) is 7.93. The number of ether oxygens (including phenoxy) is 3. The van der Waals surface area contributed by atoms with Crippen LogP contribution in [0.25, 0.3) is 21.7 Å². The molecule has 2 aromatic carbocycles. The molecule has 1 atom stereocenters. The van der Waals surface area contributed by atoms with E-state index in [2.05, 4.69) is 20.0 Å². The van der Waals surface area contributed by atoms with Crippen LogP contribution in [0, 0.1) is 0 Å². The van der Waals surface area contributed by atoms with Crippen LogP contribution in [0.1, 0.15) is 35.7 Å². The van der Waals surface area contributed by atoms with Crippen molar-refractivity contribution < 1.29 is 37.3 Å². The molecule has 12 heteroatoms. The van der Waals surface area contributed by atoms with E-state index in [-0.39, 0.29) is 16.7 Å². The third-order valence-corrected chi connectivity index (χ3v) is 6.21. The van der Waals surface area contributed by atoms with Crippen LogP contribution in [-0.2, 0) is 11.3 Å². The third-order valence-electron chi connectivity index (χ3n) is 5.92. The first-order chi connectivity index (χ1) is 19.1. The Balaban J connectivity index is 1.20. The second kappa shape index (κ2) is 13.1. The van der Waals surface area contributed by atoms with Gasteiger partial charge >= 0.3 is 12.3 Å². The summed E-state index contributed by atoms with van der Waals surface area (Å²) in [5, 5.41) is 14.8. The maximum Gasteiger partial charge on any atom is 0.573 e. The molecular formula is C28H27ClF3N3O5. The Morgan fingerprint density at radius 2 is 1.93 bits per heavy atom. The van der Waals surface area contributed by atoms with Gasteiger partial charge in [-0.2, -0.15) is 0 Å². The fourth-order valence-corrected chi connectivity index (χ4v) is 4.30. The number of rotatable bonds is 13. The van der Waals surface area contributed by atoms with Crippen LogP contribution in [0.2, 0.25) is 5.02 Å². The lowest BCUT2D eigenvalue weighted by Gasteiger charge is -2.17. The molecule has 0 amide bonds. The molecule has 2 heterocycles. The van der Waals surface area contributed by atoms with Crippen LogP contribution in [0.15, 0.2) is 54.9 Å². The fraction of sp³-hybridized carbons (Fsp3) is 0.321. The summed E-state index contributed by atoms with van der Waals surface area (Å²) in [6.45, 7) is 3.85. The van der Waals surface area contributed by atoms with Gasteiger partial charge in [-0.25, -0.2) is 9.78 Å². The van der Waals surface area contributed by atoms with E-state index in [9.17, 15) is 23.1 Å². The van der Waals surface area contributed by atoms with Crippen molar-refractivity contribution in [2.45, 2.75) is 38.8 Å². The predicted molar refractivity (Wildman–Crippen MR) is 144 cm³/mol. The molecule has 40 heavy (non-hydrogen) atoms. The SMILES string of the molecule is C[C@H](COCCCCNCc1ccc(OC(F)(F)F)c(Cl)c1)Oc1nc2cc(C(=O)O)ccc2c2cnccc12. The van der Waals surface area contributed by atoms with Crippen molar-refractivity contribution in [1.82, 2.24) is 15.3 Å². The first-order valence-electron chi connectivity index (χ1n) is 12.5. The largest absolute Gasteiger partial charge is 0.573 e. The Labute approximate surface area is 233 Å². The summed E-state index contributed by atoms with van der Waals surface area (Å²) in [7, 11) is 0. The summed E-state index contributed by atoms with van der Waals surface area (Å²) in [5.41, 5.74) is 1.38. The number of pyridine rings is 2. The van der Waals surface area contributed by atoms with Crippen LogP contribution in [-0.4, -0.2) is 53.3 Å². The van der Waals surface area contributed by atoms with Crippen molar-refractivity contribution in [3.63, 3.8) is 0 Å². The van der Waals surface area contributed by atoms with E-state index in [0.29, 0.717) is 37.7 Å². The molecule has 0 aliphatic rings. The minimum absolute atomic E-state index is 0.102. The second-order valence-electron chi connectivity index (χ2n) is 9.08. The smallest absolute Gasteiger partial charge is 0.478 e. The Morgan fingerprint density at radius 3 is 2.67 bits per heavy atom. The number of benzene rings is 2. The summed E-state index contributed by atoms with van der Waals surface area (Å²) < 4.78 is 52.7. The second-order valence-corrected chi connectivity index (χ2v) is 9.48. The van der Waals surface area contributed by atoms with Gasteiger partial charge < -0.3 is 24.6 Å². The number of alkyl halides is 3. The lowest BCUT2D eigenvalue weighted by Crippen LogP contribution is -2.21. The first-order valence-corrected chi connectivity index (χ1v) is 12.9. The number of halogens is 4. The molecule has 0 aliphatic carbocycles. The number of hydrogen-bond acceptors (Lipinski definition) is 7. The zero-order valence-electron chi connectivity index (χ0n) is 21.5. The molecule has 0 aliphatic heterocycles. The van der Waals surface area contributed by atoms with Gasteiger partial charge in [0.1, 0.15) is 11.9 Å². The number of nitrogens with one attached hydrogen (secondary N) is 1. The molecule has 4 aromatic rings. The molecule has 0 unspecified atom stereocenters. The van der Waals surface area contributed by atoms with Crippen molar-refractivity contribution >= 4 is 39.2 Å². The minimum atomic E-state index is -4.79. The summed E-state index contributed by atoms with van der Waals surface area (Å²) in [4.78, 5) is 20.2. The highest BCUT2D eigenvalue weighted by Gasteiger charge is 2.32. The Bertz CT molecular complexity index is 1490. The van der Waals surface area contributed by atoms with Crippen LogP contribution >= 0.6 is 11.6 Å². The molecule has 0 fully saturated rings. The molecule has 8 nitrogen and oxygen atoms in total. The summed E-state index contributed by atoms with van der Waals surface area (Å²) in [6.07, 6.45) is -0.129. The van der Waals surface area contributed by atoms with Gasteiger partial charge in [0.05, 0.1) is 22.7 Å². The van der Waals surface area contributed by atoms with Crippen LogP contribution in [0.3, 0.4) is 0 Å². The molecule has 0 radical (unpaired) electrons. The number of carbonyl (C=O) groups is 1. The standard InChI is InChI=1S/C28H27ClF3N3O5/c1-17(16-38-11-3-2-9-33-14-18-4-7-25(23(29)12-18)40-28(30,31)32)39-26-21-8-10-34-15-22(21)20-6-5-19(27(36)37)13-24(20)35-26/h4-8,10,12-13,15,17,33H,2-3,9,11,14,16H2,1H3,(H,36,37)/t17-/m1/s1. The number of carboxylic acids is 1. The summed E-state index contributed by atoms with van der Waals surface area (Å²) in [5.74, 6) is -1.08. The quantitative estimate of drug-likeness (QED) is 0.139. The monoisotopic (exact) mass is 577 g/mol. The van der Waals surface area contributed by atoms with Gasteiger partial charge in [-0.1, -0.05) is 23.7 Å². The zero-order valence-corrected chi connectivity index (χ0v) is 22.3. The van der Waals surface area contributed by atoms with E-state index in [1.54, 1.807) is 24.5 Å². The number of unbranched alkanes of at least 4 members (excludes halogenated alkanes) is 1. The van der Waals surface area contributed by atoms with Crippen molar-refractivity contribution in [2.24, 2.45) is 0 Å². The number of nitrogens with zero attached hydrogens (tertiary/aromatic N) is 2. The van der Waals surface area contributed by atoms with E-state index >= 15 is 0 Å². The number of carboxylic acid groups (broad SMARTS) is 1. The van der Waals surface area contributed by atoms with Gasteiger partial charge in [0.25, 0.3) is 0 Å². The molecule has 212 valence electrons. The topological polar surface area (TPSA) is 103 Å². The van der Waals surface area contributed by atoms with E-state index < -0.39 is 18.1 Å². The van der Waals surface area contributed by atoms with Crippen LogP contribution in [0.4, 0.5) is 13.2 Å². The molecular weight excluding hydrogens is 551 g/mol. The maximum atomic E-state index is 12.4. The van der Waals surface area contributed by atoms with Crippen molar-refractivity contribution in [1.29, 1.82) is 0 Å². The highest BCUT2D eigenvalue weighted by Crippen LogP contribution is 2.32. The number of aromatic carboxylic acids is 1. The number of aromatic nitrogens is 2. The Morgan fingerprint density at radius 1 is 1.10 bits per heavy atom. The Kier molecular flexibility index (Phi) is 9.62. The lowest BCUT2D eigenvalue weighted by atomic mass is 10.1. The number of hydrogen-bond donors (Lipinski definition) is 2. The molecule has 0 bridgehead atoms. The molecule has 2 N–H and O–H groups in total. The van der Waals surface area contributed by atoms with Gasteiger partial charge in [0, 0.05) is 41.7 Å². The average Bonchev–Trinajstić information content (AvgIpc) is 2.90. The van der Waals surface area contributed by atoms with Crippen LogP contribution in [0.5, 0.6) is 11.6 Å². The molecule has 2 aromatic heterocycles. The highest BCUT2D eigenvalue weighted by molar-refractivity contribution is 6.32. The van der Waals surface area contributed by atoms with E-state index in [1.807, 2.05) is 6.92 Å². The summed E-state index contributed by atoms with van der Waals surface area (Å²) in [6, 6.07) is 10.7. The van der Waals surface area contributed by atoms with Gasteiger partial charge in [-0.15, -0.1) is 13.2 Å². The van der Waals surface area contributed by atoms with Crippen LogP contribution < -0.4 is 14.8 Å². The van der Waals surface area contributed by atoms with E-state index in [0.717, 1.165) is 34.6 Å². The summed E-state index contributed by atoms with van der Waals surface area (Å²) >= 11 is 5.87. The zero-order chi connectivity index (χ0) is 28.7. The molecule has 0 saturated carbocycles. The normalized spacial score (nSPS) is 12.5. The maximum absolute atomic E-state index is 12.4. The van der Waals surface area contributed by atoms with Gasteiger partial charge in [-0.3, -0.25) is 4.98 Å². The average molecular weight is 578 g/mol. The van der Waals surface area contributed by atoms with Gasteiger partial charge in [0.15, 0.2) is 0 Å². The predicted octanol–water partition coefficient (Wildman–Crippen LogP) is 6.39. The Hall–Kier alpha value is -3.67. The minimum Gasteiger partial charge on any atom is -0.478 e. The number of fused-ring (bicyclic) bond motifs is 3. The van der Waals surface area contributed by atoms with E-state index in [1.165, 1.54) is 30.3 Å². The van der Waals surface area contributed by atoms with E-state index in [4.69, 9.17) is 21.1 Å². The van der Waals surface area contributed by atoms with Crippen molar-refractivity contribution in [3.05, 3.63) is 71.0 Å². The fourth-order valence-electron chi connectivity index (χ4n) is 4.06. The van der Waals surface area contributed by atoms with Gasteiger partial charge in [-0.05, 0) is 62.2 Å². The first kappa shape index (κ1) is 29.3. The lowest BCUT2D eigenvalue weighted by molar-refractivity contribution is -0.274.